The molecule has 39 heavy (non-hydrogen) atoms. The van der Waals surface area contributed by atoms with Gasteiger partial charge < -0.3 is 23.5 Å². The summed E-state index contributed by atoms with van der Waals surface area (Å²) in [6.45, 7) is 11.3. The Bertz CT molecular complexity index is 1410. The number of anilines is 1. The molecule has 1 aliphatic heterocycles. The average molecular weight is 538 g/mol. The third kappa shape index (κ3) is 6.73. The van der Waals surface area contributed by atoms with E-state index in [0.717, 1.165) is 0 Å². The first-order valence-corrected chi connectivity index (χ1v) is 12.3. The topological polar surface area (TPSA) is 130 Å². The number of aryl methyl sites for hydroxylation is 1. The molecule has 206 valence electrons. The third-order valence-electron chi connectivity index (χ3n) is 5.18. The highest BCUT2D eigenvalue weighted by molar-refractivity contribution is 6.13. The number of hydrogen-bond donors (Lipinski definition) is 0. The highest BCUT2D eigenvalue weighted by Crippen LogP contribution is 2.43. The van der Waals surface area contributed by atoms with Crippen molar-refractivity contribution >= 4 is 23.5 Å². The molecule has 2 heterocycles. The van der Waals surface area contributed by atoms with Crippen LogP contribution in [-0.4, -0.2) is 52.3 Å². The van der Waals surface area contributed by atoms with Gasteiger partial charge in [-0.3, -0.25) is 14.5 Å². The summed E-state index contributed by atoms with van der Waals surface area (Å²) in [5.74, 6) is -0.540. The van der Waals surface area contributed by atoms with Crippen molar-refractivity contribution in [2.75, 3.05) is 18.1 Å². The van der Waals surface area contributed by atoms with Gasteiger partial charge in [0.05, 0.1) is 5.69 Å². The molecule has 0 atom stereocenters. The fourth-order valence-electron chi connectivity index (χ4n) is 3.83. The molecule has 0 bridgehead atoms. The van der Waals surface area contributed by atoms with Gasteiger partial charge in [-0.15, -0.1) is 0 Å². The molecule has 0 fully saturated rings. The van der Waals surface area contributed by atoms with E-state index in [4.69, 9.17) is 23.5 Å². The second-order valence-electron chi connectivity index (χ2n) is 10.9. The number of esters is 2. The van der Waals surface area contributed by atoms with Crippen LogP contribution in [0, 0.1) is 6.92 Å². The van der Waals surface area contributed by atoms with Crippen LogP contribution in [-0.2, 0) is 19.1 Å². The minimum Gasteiger partial charge on any atom is -0.481 e. The predicted molar refractivity (Wildman–Crippen MR) is 140 cm³/mol. The molecule has 4 rings (SSSR count). The number of aromatic nitrogens is 2. The monoisotopic (exact) mass is 537 g/mol. The van der Waals surface area contributed by atoms with Crippen LogP contribution in [0.3, 0.4) is 0 Å². The number of amides is 1. The lowest BCUT2D eigenvalue weighted by Gasteiger charge is -2.25. The maximum atomic E-state index is 14.0. The van der Waals surface area contributed by atoms with E-state index in [1.807, 2.05) is 0 Å². The molecular formula is C28H31N3O8. The van der Waals surface area contributed by atoms with Crippen molar-refractivity contribution in [2.45, 2.75) is 59.7 Å². The quantitative estimate of drug-likeness (QED) is 0.402. The lowest BCUT2D eigenvalue weighted by atomic mass is 10.1. The van der Waals surface area contributed by atoms with E-state index in [1.165, 1.54) is 4.90 Å². The summed E-state index contributed by atoms with van der Waals surface area (Å²) in [4.78, 5) is 44.7. The van der Waals surface area contributed by atoms with Gasteiger partial charge in [0.2, 0.25) is 11.7 Å². The minimum atomic E-state index is -0.769. The summed E-state index contributed by atoms with van der Waals surface area (Å²) >= 11 is 0. The minimum absolute atomic E-state index is 0.0396. The first-order valence-electron chi connectivity index (χ1n) is 12.3. The summed E-state index contributed by atoms with van der Waals surface area (Å²) in [6, 6.07) is 9.78. The largest absolute Gasteiger partial charge is 0.481 e. The molecule has 11 heteroatoms. The molecule has 0 aliphatic carbocycles. The molecule has 1 aliphatic rings. The average Bonchev–Trinajstić information content (AvgIpc) is 3.20. The number of ether oxygens (including phenoxy) is 4. The molecule has 0 saturated heterocycles. The van der Waals surface area contributed by atoms with Crippen molar-refractivity contribution in [1.82, 2.24) is 10.1 Å². The Balaban J connectivity index is 1.75. The van der Waals surface area contributed by atoms with Crippen LogP contribution in [0.2, 0.25) is 0 Å². The molecule has 0 spiro atoms. The lowest BCUT2D eigenvalue weighted by molar-refractivity contribution is -0.157. The summed E-state index contributed by atoms with van der Waals surface area (Å²) in [6.07, 6.45) is 0. The first-order chi connectivity index (χ1) is 18.2. The molecule has 0 saturated carbocycles. The van der Waals surface area contributed by atoms with Crippen molar-refractivity contribution in [3.8, 4) is 28.6 Å². The first kappa shape index (κ1) is 27.6. The lowest BCUT2D eigenvalue weighted by Crippen LogP contribution is -2.38. The fraction of sp³-hybridized carbons (Fsp3) is 0.393. The van der Waals surface area contributed by atoms with E-state index in [-0.39, 0.29) is 17.1 Å². The van der Waals surface area contributed by atoms with Gasteiger partial charge in [-0.25, -0.2) is 4.79 Å². The van der Waals surface area contributed by atoms with Gasteiger partial charge in [0.25, 0.3) is 5.91 Å². The van der Waals surface area contributed by atoms with Crippen LogP contribution in [0.1, 0.15) is 57.8 Å². The van der Waals surface area contributed by atoms with E-state index in [9.17, 15) is 14.4 Å². The Morgan fingerprint density at radius 1 is 0.949 bits per heavy atom. The van der Waals surface area contributed by atoms with Gasteiger partial charge in [-0.1, -0.05) is 11.2 Å². The molecule has 0 unspecified atom stereocenters. The highest BCUT2D eigenvalue weighted by Gasteiger charge is 2.34. The zero-order valence-corrected chi connectivity index (χ0v) is 23.0. The van der Waals surface area contributed by atoms with E-state index >= 15 is 0 Å². The molecule has 3 aromatic rings. The summed E-state index contributed by atoms with van der Waals surface area (Å²) in [7, 11) is 0. The zero-order valence-electron chi connectivity index (χ0n) is 23.0. The Hall–Kier alpha value is -4.41. The summed E-state index contributed by atoms with van der Waals surface area (Å²) in [5.41, 5.74) is -0.593. The van der Waals surface area contributed by atoms with Gasteiger partial charge in [0.1, 0.15) is 34.8 Å². The van der Waals surface area contributed by atoms with E-state index in [0.29, 0.717) is 28.7 Å². The number of benzene rings is 2. The van der Waals surface area contributed by atoms with Crippen LogP contribution in [0.25, 0.3) is 11.4 Å². The van der Waals surface area contributed by atoms with Crippen LogP contribution < -0.4 is 14.4 Å². The number of carbonyl (C=O) groups excluding carboxylic acids is 3. The number of nitrogens with zero attached hydrogens (tertiary/aromatic N) is 3. The number of hydrogen-bond acceptors (Lipinski definition) is 10. The van der Waals surface area contributed by atoms with Crippen molar-refractivity contribution < 1.29 is 37.9 Å². The van der Waals surface area contributed by atoms with Crippen molar-refractivity contribution in [3.63, 3.8) is 0 Å². The molecular weight excluding hydrogens is 506 g/mol. The molecule has 1 amide bonds. The number of fused-ring (bicyclic) bond motifs is 2. The maximum absolute atomic E-state index is 14.0. The Morgan fingerprint density at radius 2 is 1.64 bits per heavy atom. The van der Waals surface area contributed by atoms with Gasteiger partial charge in [-0.2, -0.15) is 4.98 Å². The maximum Gasteiger partial charge on any atom is 0.344 e. The van der Waals surface area contributed by atoms with E-state index in [2.05, 4.69) is 10.1 Å². The van der Waals surface area contributed by atoms with Crippen molar-refractivity contribution in [2.24, 2.45) is 0 Å². The number of carbonyl (C=O) groups is 3. The SMILES string of the molecule is Cc1nc(-c2ccc3c(c2)N(CC(=O)OC(C)(C)C)C(=O)c2c(OCC(=O)OC(C)(C)C)cccc2O3)no1. The molecule has 0 N–H and O–H groups in total. The molecule has 0 radical (unpaired) electrons. The third-order valence-corrected chi connectivity index (χ3v) is 5.18. The van der Waals surface area contributed by atoms with Crippen LogP contribution in [0.5, 0.6) is 17.2 Å². The molecule has 2 aromatic carbocycles. The molecule has 1 aromatic heterocycles. The Morgan fingerprint density at radius 3 is 2.28 bits per heavy atom. The van der Waals surface area contributed by atoms with Crippen LogP contribution >= 0.6 is 0 Å². The van der Waals surface area contributed by atoms with Gasteiger partial charge in [0.15, 0.2) is 12.4 Å². The fourth-order valence-corrected chi connectivity index (χ4v) is 3.83. The summed E-state index contributed by atoms with van der Waals surface area (Å²) in [5, 5.41) is 3.95. The number of rotatable bonds is 6. The molecule has 11 nitrogen and oxygen atoms in total. The van der Waals surface area contributed by atoms with E-state index in [1.54, 1.807) is 84.9 Å². The van der Waals surface area contributed by atoms with Crippen LogP contribution in [0.15, 0.2) is 40.9 Å². The standard InChI is InChI=1S/C28H31N3O8/c1-16-29-25(30-39-16)17-11-12-19-18(13-17)31(14-22(32)37-27(2,3)4)26(34)24-20(9-8-10-21(24)36-19)35-15-23(33)38-28(5,6)7/h8-13H,14-15H2,1-7H3. The zero-order chi connectivity index (χ0) is 28.5. The van der Waals surface area contributed by atoms with Gasteiger partial charge in [0, 0.05) is 12.5 Å². The Labute approximate surface area is 226 Å². The van der Waals surface area contributed by atoms with E-state index < -0.39 is 42.2 Å². The normalized spacial score (nSPS) is 13.1. The van der Waals surface area contributed by atoms with Gasteiger partial charge >= 0.3 is 11.9 Å². The van der Waals surface area contributed by atoms with Gasteiger partial charge in [-0.05, 0) is 71.9 Å². The summed E-state index contributed by atoms with van der Waals surface area (Å²) < 4.78 is 27.8. The predicted octanol–water partition coefficient (Wildman–Crippen LogP) is 4.86. The smallest absolute Gasteiger partial charge is 0.344 e. The van der Waals surface area contributed by atoms with Crippen molar-refractivity contribution in [1.29, 1.82) is 0 Å². The van der Waals surface area contributed by atoms with Crippen molar-refractivity contribution in [3.05, 3.63) is 47.9 Å². The van der Waals surface area contributed by atoms with Crippen LogP contribution in [0.4, 0.5) is 5.69 Å². The second kappa shape index (κ2) is 10.4. The Kier molecular flexibility index (Phi) is 7.36. The highest BCUT2D eigenvalue weighted by atomic mass is 16.6. The second-order valence-corrected chi connectivity index (χ2v) is 10.9.